The summed E-state index contributed by atoms with van der Waals surface area (Å²) in [5, 5.41) is 0. The molecule has 0 heterocycles. The maximum absolute atomic E-state index is 5.98. The van der Waals surface area contributed by atoms with E-state index in [-0.39, 0.29) is 5.54 Å². The first kappa shape index (κ1) is 10.6. The van der Waals surface area contributed by atoms with Crippen LogP contribution in [0.2, 0.25) is 0 Å². The van der Waals surface area contributed by atoms with Crippen molar-refractivity contribution in [1.82, 2.24) is 0 Å². The maximum atomic E-state index is 5.98. The zero-order valence-corrected chi connectivity index (χ0v) is 9.32. The van der Waals surface area contributed by atoms with Gasteiger partial charge in [0.2, 0.25) is 0 Å². The third-order valence-electron chi connectivity index (χ3n) is 2.01. The Kier molecular flexibility index (Phi) is 3.40. The lowest BCUT2D eigenvalue weighted by atomic mass is 9.95. The fourth-order valence-electron chi connectivity index (χ4n) is 1.20. The van der Waals surface area contributed by atoms with Crippen molar-refractivity contribution in [2.45, 2.75) is 25.1 Å². The molecule has 1 rings (SSSR count). The highest BCUT2D eigenvalue weighted by Crippen LogP contribution is 2.18. The first-order chi connectivity index (χ1) is 6.04. The van der Waals surface area contributed by atoms with Gasteiger partial charge >= 0.3 is 0 Å². The summed E-state index contributed by atoms with van der Waals surface area (Å²) in [6.45, 7) is 4.05. The van der Waals surface area contributed by atoms with Crippen molar-refractivity contribution >= 4 is 11.8 Å². The Morgan fingerprint density at radius 3 is 2.15 bits per heavy atom. The minimum atomic E-state index is -0.224. The van der Waals surface area contributed by atoms with Crippen molar-refractivity contribution in [3.8, 4) is 0 Å². The van der Waals surface area contributed by atoms with Crippen molar-refractivity contribution in [3.05, 3.63) is 35.4 Å². The summed E-state index contributed by atoms with van der Waals surface area (Å²) in [5.41, 5.74) is 8.30. The van der Waals surface area contributed by atoms with E-state index in [4.69, 9.17) is 5.73 Å². The van der Waals surface area contributed by atoms with Crippen LogP contribution in [0.1, 0.15) is 25.0 Å². The molecule has 0 unspecified atom stereocenters. The molecular weight excluding hydrogens is 178 g/mol. The minimum Gasteiger partial charge on any atom is -0.322 e. The molecule has 0 atom stereocenters. The quantitative estimate of drug-likeness (QED) is 0.802. The number of hydrogen-bond acceptors (Lipinski definition) is 2. The molecule has 0 amide bonds. The number of benzene rings is 1. The van der Waals surface area contributed by atoms with E-state index in [0.717, 1.165) is 5.75 Å². The third-order valence-corrected chi connectivity index (χ3v) is 2.63. The molecule has 0 aliphatic carbocycles. The first-order valence-electron chi connectivity index (χ1n) is 4.41. The van der Waals surface area contributed by atoms with Crippen LogP contribution in [0.5, 0.6) is 0 Å². The average molecular weight is 195 g/mol. The van der Waals surface area contributed by atoms with Gasteiger partial charge in [0.05, 0.1) is 0 Å². The average Bonchev–Trinajstić information content (AvgIpc) is 2.04. The Hall–Kier alpha value is -0.470. The molecule has 0 radical (unpaired) electrons. The van der Waals surface area contributed by atoms with Crippen LogP contribution in [0.15, 0.2) is 24.3 Å². The lowest BCUT2D eigenvalue weighted by Crippen LogP contribution is -2.28. The van der Waals surface area contributed by atoms with Gasteiger partial charge in [0.15, 0.2) is 0 Å². The second-order valence-electron chi connectivity index (χ2n) is 3.85. The zero-order chi connectivity index (χ0) is 9.90. The van der Waals surface area contributed by atoms with Crippen LogP contribution in [0.3, 0.4) is 0 Å². The Bertz CT molecular complexity index is 258. The van der Waals surface area contributed by atoms with Gasteiger partial charge in [0.1, 0.15) is 0 Å². The summed E-state index contributed by atoms with van der Waals surface area (Å²) < 4.78 is 0. The molecule has 0 bridgehead atoms. The molecule has 72 valence electrons. The van der Waals surface area contributed by atoms with Crippen LogP contribution in [-0.4, -0.2) is 6.26 Å². The Morgan fingerprint density at radius 2 is 1.77 bits per heavy atom. The van der Waals surface area contributed by atoms with E-state index in [1.54, 1.807) is 0 Å². The number of nitrogens with two attached hydrogens (primary N) is 1. The largest absolute Gasteiger partial charge is 0.322 e. The minimum absolute atomic E-state index is 0.224. The number of thioether (sulfide) groups is 1. The van der Waals surface area contributed by atoms with Gasteiger partial charge in [-0.15, -0.1) is 0 Å². The van der Waals surface area contributed by atoms with Gasteiger partial charge in [0.25, 0.3) is 0 Å². The monoisotopic (exact) mass is 195 g/mol. The summed E-state index contributed by atoms with van der Waals surface area (Å²) >= 11 is 1.84. The van der Waals surface area contributed by atoms with Gasteiger partial charge < -0.3 is 5.73 Å². The first-order valence-corrected chi connectivity index (χ1v) is 5.80. The molecule has 1 aromatic carbocycles. The molecule has 0 aliphatic rings. The van der Waals surface area contributed by atoms with E-state index in [9.17, 15) is 0 Å². The predicted octanol–water partition coefficient (Wildman–Crippen LogP) is 2.74. The Morgan fingerprint density at radius 1 is 1.23 bits per heavy atom. The fraction of sp³-hybridized carbons (Fsp3) is 0.455. The van der Waals surface area contributed by atoms with Gasteiger partial charge in [0, 0.05) is 11.3 Å². The zero-order valence-electron chi connectivity index (χ0n) is 8.50. The van der Waals surface area contributed by atoms with Crippen molar-refractivity contribution in [2.75, 3.05) is 6.26 Å². The van der Waals surface area contributed by atoms with Crippen molar-refractivity contribution in [1.29, 1.82) is 0 Å². The lowest BCUT2D eigenvalue weighted by Gasteiger charge is -2.19. The molecular formula is C11H17NS. The standard InChI is InChI=1S/C11H17NS/c1-11(2,12)10-6-4-9(5-7-10)8-13-3/h4-7H,8,12H2,1-3H3. The summed E-state index contributed by atoms with van der Waals surface area (Å²) in [6.07, 6.45) is 2.11. The third kappa shape index (κ3) is 3.05. The van der Waals surface area contributed by atoms with Gasteiger partial charge in [-0.1, -0.05) is 24.3 Å². The summed E-state index contributed by atoms with van der Waals surface area (Å²) in [7, 11) is 0. The second kappa shape index (κ2) is 4.16. The number of rotatable bonds is 3. The van der Waals surface area contributed by atoms with E-state index in [1.807, 2.05) is 25.6 Å². The van der Waals surface area contributed by atoms with Gasteiger partial charge in [-0.3, -0.25) is 0 Å². The van der Waals surface area contributed by atoms with E-state index in [0.29, 0.717) is 0 Å². The van der Waals surface area contributed by atoms with E-state index < -0.39 is 0 Å². The highest BCUT2D eigenvalue weighted by molar-refractivity contribution is 7.97. The highest BCUT2D eigenvalue weighted by atomic mass is 32.2. The summed E-state index contributed by atoms with van der Waals surface area (Å²) in [5.74, 6) is 1.07. The topological polar surface area (TPSA) is 26.0 Å². The van der Waals surface area contributed by atoms with Crippen LogP contribution < -0.4 is 5.73 Å². The smallest absolute Gasteiger partial charge is 0.0352 e. The molecule has 1 nitrogen and oxygen atoms in total. The van der Waals surface area contributed by atoms with Gasteiger partial charge in [-0.25, -0.2) is 0 Å². The number of hydrogen-bond donors (Lipinski definition) is 1. The van der Waals surface area contributed by atoms with E-state index in [2.05, 4.69) is 30.5 Å². The Balaban J connectivity index is 2.81. The molecule has 0 saturated heterocycles. The molecule has 0 aromatic heterocycles. The van der Waals surface area contributed by atoms with E-state index in [1.165, 1.54) is 11.1 Å². The molecule has 0 aliphatic heterocycles. The molecule has 0 saturated carbocycles. The van der Waals surface area contributed by atoms with Crippen molar-refractivity contribution in [2.24, 2.45) is 5.73 Å². The van der Waals surface area contributed by atoms with Gasteiger partial charge in [-0.05, 0) is 31.2 Å². The van der Waals surface area contributed by atoms with Crippen LogP contribution in [0.25, 0.3) is 0 Å². The molecule has 13 heavy (non-hydrogen) atoms. The highest BCUT2D eigenvalue weighted by Gasteiger charge is 2.12. The molecule has 2 N–H and O–H groups in total. The van der Waals surface area contributed by atoms with Crippen LogP contribution in [0, 0.1) is 0 Å². The summed E-state index contributed by atoms with van der Waals surface area (Å²) in [4.78, 5) is 0. The Labute approximate surface area is 84.7 Å². The van der Waals surface area contributed by atoms with Crippen molar-refractivity contribution < 1.29 is 0 Å². The molecule has 0 fully saturated rings. The van der Waals surface area contributed by atoms with Crippen LogP contribution in [0.4, 0.5) is 0 Å². The fourth-order valence-corrected chi connectivity index (χ4v) is 1.72. The molecule has 0 spiro atoms. The van der Waals surface area contributed by atoms with Crippen LogP contribution in [-0.2, 0) is 11.3 Å². The molecule has 2 heteroatoms. The summed E-state index contributed by atoms with van der Waals surface area (Å²) in [6, 6.07) is 8.54. The maximum Gasteiger partial charge on any atom is 0.0352 e. The van der Waals surface area contributed by atoms with Gasteiger partial charge in [-0.2, -0.15) is 11.8 Å². The van der Waals surface area contributed by atoms with E-state index >= 15 is 0 Å². The molecule has 1 aromatic rings. The predicted molar refractivity (Wildman–Crippen MR) is 60.9 cm³/mol. The van der Waals surface area contributed by atoms with Crippen molar-refractivity contribution in [3.63, 3.8) is 0 Å². The lowest BCUT2D eigenvalue weighted by molar-refractivity contribution is 0.554. The van der Waals surface area contributed by atoms with Crippen LogP contribution >= 0.6 is 11.8 Å². The second-order valence-corrected chi connectivity index (χ2v) is 4.72. The normalized spacial score (nSPS) is 11.7. The SMILES string of the molecule is CSCc1ccc(C(C)(C)N)cc1.